The second-order valence-corrected chi connectivity index (χ2v) is 8.48. The van der Waals surface area contributed by atoms with E-state index in [-0.39, 0.29) is 6.79 Å². The molecule has 0 saturated heterocycles. The normalized spacial score (nSPS) is 21.5. The van der Waals surface area contributed by atoms with Crippen LogP contribution in [0, 0.1) is 11.8 Å². The maximum Gasteiger partial charge on any atom is 0.231 e. The van der Waals surface area contributed by atoms with Crippen LogP contribution in [0.1, 0.15) is 30.6 Å². The van der Waals surface area contributed by atoms with Gasteiger partial charge < -0.3 is 25.8 Å². The van der Waals surface area contributed by atoms with Crippen LogP contribution in [0.4, 0.5) is 5.69 Å². The van der Waals surface area contributed by atoms with Gasteiger partial charge >= 0.3 is 0 Å². The van der Waals surface area contributed by atoms with E-state index in [1.807, 2.05) is 18.2 Å². The van der Waals surface area contributed by atoms with Crippen molar-refractivity contribution in [3.8, 4) is 11.5 Å². The Hall–Kier alpha value is -2.25. The number of anilines is 1. The molecule has 150 valence electrons. The van der Waals surface area contributed by atoms with Gasteiger partial charge in [0.15, 0.2) is 17.5 Å². The second kappa shape index (κ2) is 9.30. The molecule has 4 N–H and O–H groups in total. The minimum atomic E-state index is 0.278. The van der Waals surface area contributed by atoms with Crippen molar-refractivity contribution in [2.24, 2.45) is 22.6 Å². The van der Waals surface area contributed by atoms with Crippen LogP contribution in [-0.4, -0.2) is 25.8 Å². The summed E-state index contributed by atoms with van der Waals surface area (Å²) in [6, 6.07) is 10.0. The van der Waals surface area contributed by atoms with E-state index in [0.29, 0.717) is 18.4 Å². The van der Waals surface area contributed by atoms with Crippen LogP contribution >= 0.6 is 11.3 Å². The first-order valence-corrected chi connectivity index (χ1v) is 10.9. The van der Waals surface area contributed by atoms with Gasteiger partial charge in [0, 0.05) is 23.2 Å². The van der Waals surface area contributed by atoms with Crippen LogP contribution in [0.25, 0.3) is 0 Å². The van der Waals surface area contributed by atoms with Crippen molar-refractivity contribution >= 4 is 23.0 Å². The zero-order valence-electron chi connectivity index (χ0n) is 16.0. The average Bonchev–Trinajstić information content (AvgIpc) is 3.41. The standard InChI is InChI=1S/C21H28N4O2S/c22-11-15-3-1-4-16(9-15)12-23-21(24-13-18-5-2-8-28-18)25-17-6-7-19-20(10-17)27-14-26-19/h2,5-8,10,15-16H,1,3-4,9,11-14,22H2,(H2,23,24,25). The van der Waals surface area contributed by atoms with Crippen LogP contribution < -0.4 is 25.8 Å². The van der Waals surface area contributed by atoms with E-state index < -0.39 is 0 Å². The SMILES string of the molecule is NCC1CCCC(CNC(=NCc2cccs2)Nc2ccc3c(c2)OCO3)C1. The predicted molar refractivity (Wildman–Crippen MR) is 114 cm³/mol. The van der Waals surface area contributed by atoms with E-state index >= 15 is 0 Å². The number of hydrogen-bond acceptors (Lipinski definition) is 5. The quantitative estimate of drug-likeness (QED) is 0.508. The fraction of sp³-hybridized carbons (Fsp3) is 0.476. The summed E-state index contributed by atoms with van der Waals surface area (Å²) in [5.74, 6) is 3.65. The fourth-order valence-electron chi connectivity index (χ4n) is 3.85. The Kier molecular flexibility index (Phi) is 6.34. The van der Waals surface area contributed by atoms with Gasteiger partial charge in [-0.3, -0.25) is 0 Å². The number of ether oxygens (including phenoxy) is 2. The number of aliphatic imine (C=N–C) groups is 1. The molecule has 1 aliphatic carbocycles. The number of benzene rings is 1. The van der Waals surface area contributed by atoms with Crippen molar-refractivity contribution in [3.63, 3.8) is 0 Å². The third-order valence-corrected chi connectivity index (χ3v) is 6.25. The summed E-state index contributed by atoms with van der Waals surface area (Å²) in [5, 5.41) is 9.04. The molecule has 1 aliphatic heterocycles. The van der Waals surface area contributed by atoms with E-state index in [2.05, 4.69) is 28.1 Å². The molecule has 1 aromatic heterocycles. The van der Waals surface area contributed by atoms with Crippen LogP contribution in [-0.2, 0) is 6.54 Å². The van der Waals surface area contributed by atoms with E-state index in [9.17, 15) is 0 Å². The Balaban J connectivity index is 1.41. The minimum absolute atomic E-state index is 0.278. The fourth-order valence-corrected chi connectivity index (χ4v) is 4.48. The molecule has 6 nitrogen and oxygen atoms in total. The lowest BCUT2D eigenvalue weighted by Crippen LogP contribution is -2.37. The Bertz CT molecular complexity index is 794. The van der Waals surface area contributed by atoms with Gasteiger partial charge in [-0.15, -0.1) is 11.3 Å². The monoisotopic (exact) mass is 400 g/mol. The van der Waals surface area contributed by atoms with Crippen LogP contribution in [0.5, 0.6) is 11.5 Å². The molecule has 2 aliphatic rings. The lowest BCUT2D eigenvalue weighted by Gasteiger charge is -2.28. The Morgan fingerprint density at radius 1 is 1.18 bits per heavy atom. The number of hydrogen-bond donors (Lipinski definition) is 3. The molecule has 0 amide bonds. The van der Waals surface area contributed by atoms with E-state index in [4.69, 9.17) is 20.2 Å². The van der Waals surface area contributed by atoms with Crippen LogP contribution in [0.3, 0.4) is 0 Å². The van der Waals surface area contributed by atoms with Gasteiger partial charge in [0.05, 0.1) is 6.54 Å². The maximum atomic E-state index is 5.89. The zero-order valence-corrected chi connectivity index (χ0v) is 16.8. The Morgan fingerprint density at radius 2 is 2.07 bits per heavy atom. The molecule has 2 heterocycles. The van der Waals surface area contributed by atoms with Gasteiger partial charge in [0.1, 0.15) is 0 Å². The predicted octanol–water partition coefficient (Wildman–Crippen LogP) is 3.80. The van der Waals surface area contributed by atoms with Crippen molar-refractivity contribution in [3.05, 3.63) is 40.6 Å². The van der Waals surface area contributed by atoms with Crippen molar-refractivity contribution in [2.45, 2.75) is 32.2 Å². The number of nitrogens with zero attached hydrogens (tertiary/aromatic N) is 1. The third kappa shape index (κ3) is 4.97. The molecule has 1 aromatic carbocycles. The summed E-state index contributed by atoms with van der Waals surface area (Å²) in [4.78, 5) is 6.03. The molecule has 28 heavy (non-hydrogen) atoms. The summed E-state index contributed by atoms with van der Waals surface area (Å²) < 4.78 is 10.9. The van der Waals surface area contributed by atoms with Gasteiger partial charge in [-0.2, -0.15) is 0 Å². The minimum Gasteiger partial charge on any atom is -0.454 e. The first-order chi connectivity index (χ1) is 13.8. The highest BCUT2D eigenvalue weighted by Crippen LogP contribution is 2.34. The summed E-state index contributed by atoms with van der Waals surface area (Å²) >= 11 is 1.72. The topological polar surface area (TPSA) is 80.9 Å². The van der Waals surface area contributed by atoms with E-state index in [0.717, 1.165) is 36.2 Å². The molecule has 4 rings (SSSR count). The van der Waals surface area contributed by atoms with Gasteiger partial charge in [-0.1, -0.05) is 12.5 Å². The largest absolute Gasteiger partial charge is 0.454 e. The highest BCUT2D eigenvalue weighted by Gasteiger charge is 2.21. The van der Waals surface area contributed by atoms with Gasteiger partial charge in [0.25, 0.3) is 0 Å². The molecule has 2 aromatic rings. The molecular formula is C21H28N4O2S. The molecule has 2 unspecified atom stereocenters. The number of fused-ring (bicyclic) bond motifs is 1. The number of nitrogens with one attached hydrogen (secondary N) is 2. The van der Waals surface area contributed by atoms with Crippen molar-refractivity contribution in [1.29, 1.82) is 0 Å². The first-order valence-electron chi connectivity index (χ1n) is 9.97. The van der Waals surface area contributed by atoms with Gasteiger partial charge in [0.2, 0.25) is 6.79 Å². The van der Waals surface area contributed by atoms with Crippen molar-refractivity contribution in [1.82, 2.24) is 5.32 Å². The molecule has 1 saturated carbocycles. The van der Waals surface area contributed by atoms with Gasteiger partial charge in [-0.25, -0.2) is 4.99 Å². The number of thiophene rings is 1. The van der Waals surface area contributed by atoms with Crippen LogP contribution in [0.2, 0.25) is 0 Å². The average molecular weight is 401 g/mol. The molecule has 1 fully saturated rings. The Morgan fingerprint density at radius 3 is 2.93 bits per heavy atom. The highest BCUT2D eigenvalue weighted by atomic mass is 32.1. The summed E-state index contributed by atoms with van der Waals surface area (Å²) in [5.41, 5.74) is 6.83. The molecular weight excluding hydrogens is 372 g/mol. The Labute approximate surface area is 170 Å². The lowest BCUT2D eigenvalue weighted by molar-refractivity contribution is 0.174. The molecule has 0 bridgehead atoms. The van der Waals surface area contributed by atoms with Gasteiger partial charge in [-0.05, 0) is 61.2 Å². The van der Waals surface area contributed by atoms with Crippen LogP contribution in [0.15, 0.2) is 40.7 Å². The zero-order chi connectivity index (χ0) is 19.2. The molecule has 0 radical (unpaired) electrons. The smallest absolute Gasteiger partial charge is 0.231 e. The molecule has 2 atom stereocenters. The molecule has 7 heteroatoms. The molecule has 0 spiro atoms. The summed E-state index contributed by atoms with van der Waals surface area (Å²) in [6.07, 6.45) is 4.99. The number of guanidine groups is 1. The third-order valence-electron chi connectivity index (χ3n) is 5.39. The number of rotatable bonds is 6. The maximum absolute atomic E-state index is 5.89. The number of nitrogens with two attached hydrogens (primary N) is 1. The second-order valence-electron chi connectivity index (χ2n) is 7.45. The van der Waals surface area contributed by atoms with Crippen molar-refractivity contribution < 1.29 is 9.47 Å². The van der Waals surface area contributed by atoms with E-state index in [1.54, 1.807) is 11.3 Å². The van der Waals surface area contributed by atoms with Crippen molar-refractivity contribution in [2.75, 3.05) is 25.2 Å². The highest BCUT2D eigenvalue weighted by molar-refractivity contribution is 7.09. The summed E-state index contributed by atoms with van der Waals surface area (Å²) in [6.45, 7) is 2.65. The van der Waals surface area contributed by atoms with E-state index in [1.165, 1.54) is 30.6 Å². The lowest BCUT2D eigenvalue weighted by atomic mass is 9.81. The first kappa shape index (κ1) is 19.1. The summed E-state index contributed by atoms with van der Waals surface area (Å²) in [7, 11) is 0.